The van der Waals surface area contributed by atoms with Gasteiger partial charge < -0.3 is 14.2 Å². The Morgan fingerprint density at radius 1 is 0.974 bits per heavy atom. The third-order valence-corrected chi connectivity index (χ3v) is 7.13. The van der Waals surface area contributed by atoms with Crippen molar-refractivity contribution < 1.29 is 28.7 Å². The second-order valence-electron chi connectivity index (χ2n) is 11.0. The number of likely N-dealkylation sites (tertiary alicyclic amines) is 1. The van der Waals surface area contributed by atoms with Crippen LogP contribution in [-0.4, -0.2) is 58.9 Å². The first-order valence-electron chi connectivity index (χ1n) is 13.2. The maximum Gasteiger partial charge on any atom is 0.410 e. The van der Waals surface area contributed by atoms with Gasteiger partial charge in [0, 0.05) is 25.1 Å². The molecular weight excluding hydrogens is 488 g/mol. The Morgan fingerprint density at radius 2 is 1.63 bits per heavy atom. The topological polar surface area (TPSA) is 108 Å². The van der Waals surface area contributed by atoms with E-state index in [4.69, 9.17) is 14.2 Å². The Balaban J connectivity index is 1.39. The molecule has 0 N–H and O–H groups in total. The molecule has 2 fully saturated rings. The summed E-state index contributed by atoms with van der Waals surface area (Å²) in [4.78, 5) is 37.8. The summed E-state index contributed by atoms with van der Waals surface area (Å²) >= 11 is 0. The Hall–Kier alpha value is -3.46. The average Bonchev–Trinajstić information content (AvgIpc) is 3.29. The van der Waals surface area contributed by atoms with Crippen LogP contribution in [0, 0.1) is 10.1 Å². The van der Waals surface area contributed by atoms with Crippen molar-refractivity contribution in [2.75, 3.05) is 13.2 Å². The highest BCUT2D eigenvalue weighted by atomic mass is 16.6. The van der Waals surface area contributed by atoms with Gasteiger partial charge in [0.05, 0.1) is 29.2 Å². The van der Waals surface area contributed by atoms with Gasteiger partial charge in [-0.2, -0.15) is 0 Å². The molecule has 0 bridgehead atoms. The van der Waals surface area contributed by atoms with Gasteiger partial charge in [-0.3, -0.25) is 15.0 Å². The SMILES string of the molecule is CC(C)(C)OC(=O)N1CC[C@H](OC(=O)c2ccc([N+](=O)[O-])cc2)[C@H]1CO[C@H]1CC[C@@H](c2ccccc2)CC1. The molecule has 2 atom stereocenters. The van der Waals surface area contributed by atoms with Crippen LogP contribution in [0.5, 0.6) is 0 Å². The minimum Gasteiger partial charge on any atom is -0.456 e. The lowest BCUT2D eigenvalue weighted by Gasteiger charge is -2.33. The van der Waals surface area contributed by atoms with E-state index in [-0.39, 0.29) is 24.0 Å². The highest BCUT2D eigenvalue weighted by Crippen LogP contribution is 2.34. The predicted molar refractivity (Wildman–Crippen MR) is 141 cm³/mol. The number of benzene rings is 2. The molecule has 1 saturated heterocycles. The van der Waals surface area contributed by atoms with E-state index in [9.17, 15) is 19.7 Å². The van der Waals surface area contributed by atoms with Crippen LogP contribution in [-0.2, 0) is 14.2 Å². The van der Waals surface area contributed by atoms with E-state index in [1.807, 2.05) is 26.8 Å². The molecule has 9 heteroatoms. The van der Waals surface area contributed by atoms with Crippen LogP contribution < -0.4 is 0 Å². The molecule has 204 valence electrons. The normalized spacial score (nSPS) is 23.6. The van der Waals surface area contributed by atoms with Crippen LogP contribution in [0.1, 0.15) is 74.7 Å². The van der Waals surface area contributed by atoms with Crippen LogP contribution in [0.25, 0.3) is 0 Å². The number of carbonyl (C=O) groups excluding carboxylic acids is 2. The van der Waals surface area contributed by atoms with Crippen molar-refractivity contribution in [1.82, 2.24) is 4.90 Å². The maximum absolute atomic E-state index is 13.0. The first-order valence-corrected chi connectivity index (χ1v) is 13.2. The molecule has 1 aliphatic carbocycles. The molecule has 2 aromatic carbocycles. The molecule has 1 heterocycles. The summed E-state index contributed by atoms with van der Waals surface area (Å²) in [5, 5.41) is 10.9. The van der Waals surface area contributed by atoms with Gasteiger partial charge in [-0.1, -0.05) is 30.3 Å². The average molecular weight is 525 g/mol. The quantitative estimate of drug-likeness (QED) is 0.253. The third kappa shape index (κ3) is 7.10. The van der Waals surface area contributed by atoms with Crippen LogP contribution in [0.3, 0.4) is 0 Å². The number of hydrogen-bond acceptors (Lipinski definition) is 7. The Morgan fingerprint density at radius 3 is 2.24 bits per heavy atom. The second kappa shape index (κ2) is 11.9. The molecule has 9 nitrogen and oxygen atoms in total. The van der Waals surface area contributed by atoms with E-state index in [0.717, 1.165) is 25.7 Å². The molecule has 2 aliphatic rings. The standard InChI is InChI=1S/C29H36N2O7/c1-29(2,3)38-28(33)30-18-17-26(37-27(32)22-9-13-23(14-10-22)31(34)35)25(30)19-36-24-15-11-21(12-16-24)20-7-5-4-6-8-20/h4-10,13-14,21,24-26H,11-12,15-19H2,1-3H3/t21-,24+,25-,26+/m1/s1. The first kappa shape index (κ1) is 27.6. The number of nitro groups is 1. The molecule has 0 spiro atoms. The molecule has 1 saturated carbocycles. The summed E-state index contributed by atoms with van der Waals surface area (Å²) in [6, 6.07) is 15.3. The van der Waals surface area contributed by atoms with Gasteiger partial charge in [0.2, 0.25) is 0 Å². The van der Waals surface area contributed by atoms with E-state index in [2.05, 4.69) is 24.3 Å². The Kier molecular flexibility index (Phi) is 8.66. The second-order valence-corrected chi connectivity index (χ2v) is 11.0. The molecule has 1 aliphatic heterocycles. The molecule has 0 radical (unpaired) electrons. The number of nitrogens with zero attached hydrogens (tertiary/aromatic N) is 2. The van der Waals surface area contributed by atoms with Gasteiger partial charge >= 0.3 is 12.1 Å². The molecule has 2 aromatic rings. The summed E-state index contributed by atoms with van der Waals surface area (Å²) in [6.07, 6.45) is 3.40. The predicted octanol–water partition coefficient (Wildman–Crippen LogP) is 5.87. The summed E-state index contributed by atoms with van der Waals surface area (Å²) in [6.45, 7) is 6.04. The molecule has 38 heavy (non-hydrogen) atoms. The van der Waals surface area contributed by atoms with Crippen LogP contribution in [0.2, 0.25) is 0 Å². The fourth-order valence-corrected chi connectivity index (χ4v) is 5.15. The van der Waals surface area contributed by atoms with E-state index in [0.29, 0.717) is 18.9 Å². The largest absolute Gasteiger partial charge is 0.456 e. The molecule has 1 amide bonds. The van der Waals surface area contributed by atoms with E-state index in [1.165, 1.54) is 29.8 Å². The fourth-order valence-electron chi connectivity index (χ4n) is 5.15. The number of ether oxygens (including phenoxy) is 3. The van der Waals surface area contributed by atoms with E-state index in [1.54, 1.807) is 4.90 Å². The zero-order valence-corrected chi connectivity index (χ0v) is 22.2. The lowest BCUT2D eigenvalue weighted by molar-refractivity contribution is -0.384. The highest BCUT2D eigenvalue weighted by molar-refractivity contribution is 5.89. The molecule has 0 aromatic heterocycles. The summed E-state index contributed by atoms with van der Waals surface area (Å²) in [7, 11) is 0. The van der Waals surface area contributed by atoms with Crippen molar-refractivity contribution in [3.05, 3.63) is 75.8 Å². The number of rotatable bonds is 7. The lowest BCUT2D eigenvalue weighted by Crippen LogP contribution is -2.46. The van der Waals surface area contributed by atoms with Crippen molar-refractivity contribution in [2.45, 2.75) is 82.6 Å². The minimum atomic E-state index is -0.661. The summed E-state index contributed by atoms with van der Waals surface area (Å²) in [5.41, 5.74) is 0.805. The third-order valence-electron chi connectivity index (χ3n) is 7.13. The van der Waals surface area contributed by atoms with Crippen molar-refractivity contribution in [2.24, 2.45) is 0 Å². The summed E-state index contributed by atoms with van der Waals surface area (Å²) in [5.74, 6) is -0.0690. The summed E-state index contributed by atoms with van der Waals surface area (Å²) < 4.78 is 17.7. The van der Waals surface area contributed by atoms with Gasteiger partial charge in [0.1, 0.15) is 11.7 Å². The van der Waals surface area contributed by atoms with Crippen LogP contribution >= 0.6 is 0 Å². The smallest absolute Gasteiger partial charge is 0.410 e. The zero-order valence-electron chi connectivity index (χ0n) is 22.2. The zero-order chi connectivity index (χ0) is 27.3. The highest BCUT2D eigenvalue weighted by Gasteiger charge is 2.42. The fraction of sp³-hybridized carbons (Fsp3) is 0.517. The van der Waals surface area contributed by atoms with Gasteiger partial charge in [-0.25, -0.2) is 9.59 Å². The van der Waals surface area contributed by atoms with Gasteiger partial charge in [0.15, 0.2) is 0 Å². The van der Waals surface area contributed by atoms with Crippen molar-refractivity contribution in [3.8, 4) is 0 Å². The maximum atomic E-state index is 13.0. The van der Waals surface area contributed by atoms with Crippen LogP contribution in [0.4, 0.5) is 10.5 Å². The van der Waals surface area contributed by atoms with Crippen LogP contribution in [0.15, 0.2) is 54.6 Å². The van der Waals surface area contributed by atoms with Crippen molar-refractivity contribution in [3.63, 3.8) is 0 Å². The monoisotopic (exact) mass is 524 g/mol. The first-order chi connectivity index (χ1) is 18.1. The molecule has 4 rings (SSSR count). The van der Waals surface area contributed by atoms with Gasteiger partial charge in [-0.15, -0.1) is 0 Å². The Labute approximate surface area is 223 Å². The number of hydrogen-bond donors (Lipinski definition) is 0. The number of carbonyl (C=O) groups is 2. The number of amides is 1. The number of esters is 1. The van der Waals surface area contributed by atoms with Crippen molar-refractivity contribution >= 4 is 17.7 Å². The van der Waals surface area contributed by atoms with Gasteiger partial charge in [-0.05, 0) is 70.1 Å². The molecule has 0 unspecified atom stereocenters. The number of nitro benzene ring substituents is 1. The Bertz CT molecular complexity index is 1110. The van der Waals surface area contributed by atoms with Crippen molar-refractivity contribution in [1.29, 1.82) is 0 Å². The van der Waals surface area contributed by atoms with E-state index < -0.39 is 34.7 Å². The lowest BCUT2D eigenvalue weighted by atomic mass is 9.83. The minimum absolute atomic E-state index is 0.0714. The van der Waals surface area contributed by atoms with Gasteiger partial charge in [0.25, 0.3) is 5.69 Å². The number of non-ortho nitro benzene ring substituents is 1. The van der Waals surface area contributed by atoms with E-state index >= 15 is 0 Å². The molecular formula is C29H36N2O7.